The molecule has 1 unspecified atom stereocenters. The highest BCUT2D eigenvalue weighted by Crippen LogP contribution is 2.41. The van der Waals surface area contributed by atoms with Crippen LogP contribution < -0.4 is 5.32 Å². The molecule has 0 radical (unpaired) electrons. The maximum atomic E-state index is 9.75. The summed E-state index contributed by atoms with van der Waals surface area (Å²) in [6.45, 7) is 12.8. The minimum atomic E-state index is 0.0895. The largest absolute Gasteiger partial charge is 0.508 e. The van der Waals surface area contributed by atoms with Crippen molar-refractivity contribution in [2.45, 2.75) is 78.7 Å². The number of benzene rings is 1. The summed E-state index contributed by atoms with van der Waals surface area (Å²) < 4.78 is 0. The zero-order chi connectivity index (χ0) is 20.3. The number of fused-ring (bicyclic) bond motifs is 1. The number of allylic oxidation sites excluding steroid dienone is 2. The third-order valence-electron chi connectivity index (χ3n) is 6.72. The van der Waals surface area contributed by atoms with Gasteiger partial charge in [-0.3, -0.25) is 0 Å². The van der Waals surface area contributed by atoms with E-state index in [9.17, 15) is 5.11 Å². The minimum absolute atomic E-state index is 0.0895. The summed E-state index contributed by atoms with van der Waals surface area (Å²) in [5.41, 5.74) is 6.38. The molecule has 1 aromatic carbocycles. The highest BCUT2D eigenvalue weighted by atomic mass is 16.3. The maximum absolute atomic E-state index is 9.75. The predicted octanol–water partition coefficient (Wildman–Crippen LogP) is 7.44. The van der Waals surface area contributed by atoms with Crippen molar-refractivity contribution in [3.8, 4) is 0 Å². The van der Waals surface area contributed by atoms with E-state index in [1.807, 2.05) is 6.07 Å². The first kappa shape index (κ1) is 20.8. The van der Waals surface area contributed by atoms with Crippen molar-refractivity contribution in [3.05, 3.63) is 59.2 Å². The Kier molecular flexibility index (Phi) is 6.37. The Bertz CT molecular complexity index is 778. The Balaban J connectivity index is 1.90. The van der Waals surface area contributed by atoms with Gasteiger partial charge in [0.05, 0.1) is 6.04 Å². The third kappa shape index (κ3) is 4.37. The normalized spacial score (nSPS) is 23.1. The van der Waals surface area contributed by atoms with Gasteiger partial charge in [-0.2, -0.15) is 0 Å². The molecule has 2 nitrogen and oxygen atoms in total. The van der Waals surface area contributed by atoms with E-state index in [1.165, 1.54) is 48.9 Å². The lowest BCUT2D eigenvalue weighted by molar-refractivity contribution is 0.320. The van der Waals surface area contributed by atoms with Crippen LogP contribution in [0, 0.1) is 11.3 Å². The number of anilines is 1. The fourth-order valence-corrected chi connectivity index (χ4v) is 5.07. The van der Waals surface area contributed by atoms with Crippen molar-refractivity contribution < 1.29 is 5.11 Å². The van der Waals surface area contributed by atoms with Gasteiger partial charge in [-0.15, -0.1) is 0 Å². The van der Waals surface area contributed by atoms with Crippen molar-refractivity contribution in [3.63, 3.8) is 0 Å². The standard InChI is InChI=1S/C26H37NO/c1-6-19(21-11-9-8-10-12-21)15-20(7-2)25-26(4,5)17-23-16-22(18(3)28)13-14-24(23)27-25/h7,13-16,21,25,27-28H,3,6,8-12,17H2,1-2,4-5H3/b19-15+,20-7+. The molecular weight excluding hydrogens is 342 g/mol. The molecule has 1 atom stereocenters. The SMILES string of the molecule is C=C(O)c1ccc2c(c1)CC(C)(C)C(C(/C=C(\CC)C1CCCCC1)=C/C)N2. The zero-order valence-corrected chi connectivity index (χ0v) is 18.1. The van der Waals surface area contributed by atoms with Crippen molar-refractivity contribution in [1.29, 1.82) is 0 Å². The fraction of sp³-hybridized carbons (Fsp3) is 0.538. The smallest absolute Gasteiger partial charge is 0.115 e. The monoisotopic (exact) mass is 379 g/mol. The van der Waals surface area contributed by atoms with Crippen LogP contribution in [0.25, 0.3) is 5.76 Å². The van der Waals surface area contributed by atoms with Crippen molar-refractivity contribution in [2.75, 3.05) is 5.32 Å². The van der Waals surface area contributed by atoms with E-state index in [0.717, 1.165) is 24.3 Å². The first-order chi connectivity index (χ1) is 13.4. The Labute approximate surface area is 171 Å². The van der Waals surface area contributed by atoms with E-state index in [0.29, 0.717) is 6.04 Å². The molecule has 3 rings (SSSR count). The van der Waals surface area contributed by atoms with Crippen LogP contribution in [0.3, 0.4) is 0 Å². The highest BCUT2D eigenvalue weighted by molar-refractivity contribution is 5.65. The van der Waals surface area contributed by atoms with Crippen LogP contribution in [0.4, 0.5) is 5.69 Å². The van der Waals surface area contributed by atoms with Crippen LogP contribution in [-0.4, -0.2) is 11.1 Å². The van der Waals surface area contributed by atoms with Crippen LogP contribution in [0.5, 0.6) is 0 Å². The Morgan fingerprint density at radius 3 is 2.57 bits per heavy atom. The molecule has 1 saturated carbocycles. The summed E-state index contributed by atoms with van der Waals surface area (Å²) >= 11 is 0. The number of nitrogens with one attached hydrogen (secondary N) is 1. The van der Waals surface area contributed by atoms with Gasteiger partial charge >= 0.3 is 0 Å². The minimum Gasteiger partial charge on any atom is -0.508 e. The topological polar surface area (TPSA) is 32.3 Å². The number of rotatable bonds is 5. The van der Waals surface area contributed by atoms with Gasteiger partial charge in [0.15, 0.2) is 0 Å². The number of aliphatic hydroxyl groups excluding tert-OH is 1. The number of aliphatic hydroxyl groups is 1. The number of hydrogen-bond acceptors (Lipinski definition) is 2. The second-order valence-corrected chi connectivity index (χ2v) is 9.26. The molecule has 28 heavy (non-hydrogen) atoms. The summed E-state index contributed by atoms with van der Waals surface area (Å²) in [7, 11) is 0. The molecule has 2 heteroatoms. The molecule has 1 aliphatic heterocycles. The maximum Gasteiger partial charge on any atom is 0.115 e. The van der Waals surface area contributed by atoms with Gasteiger partial charge in [-0.1, -0.05) is 64.3 Å². The van der Waals surface area contributed by atoms with Gasteiger partial charge in [-0.25, -0.2) is 0 Å². The summed E-state index contributed by atoms with van der Waals surface area (Å²) in [4.78, 5) is 0. The van der Waals surface area contributed by atoms with Crippen LogP contribution >= 0.6 is 0 Å². The van der Waals surface area contributed by atoms with E-state index >= 15 is 0 Å². The molecule has 1 aromatic rings. The summed E-state index contributed by atoms with van der Waals surface area (Å²) in [5.74, 6) is 0.908. The molecule has 0 aromatic heterocycles. The summed E-state index contributed by atoms with van der Waals surface area (Å²) in [6, 6.07) is 6.41. The van der Waals surface area contributed by atoms with E-state index in [1.54, 1.807) is 5.57 Å². The van der Waals surface area contributed by atoms with Gasteiger partial charge in [0, 0.05) is 11.3 Å². The zero-order valence-electron chi connectivity index (χ0n) is 18.1. The molecule has 1 aliphatic carbocycles. The second-order valence-electron chi connectivity index (χ2n) is 9.26. The molecule has 1 heterocycles. The van der Waals surface area contributed by atoms with E-state index in [2.05, 4.69) is 63.9 Å². The molecule has 2 aliphatic rings. The van der Waals surface area contributed by atoms with E-state index < -0.39 is 0 Å². The Hall–Kier alpha value is -1.96. The lowest BCUT2D eigenvalue weighted by atomic mass is 9.71. The summed E-state index contributed by atoms with van der Waals surface area (Å²) in [6.07, 6.45) is 13.8. The van der Waals surface area contributed by atoms with Crippen LogP contribution in [0.1, 0.15) is 77.3 Å². The molecule has 1 fully saturated rings. The van der Waals surface area contributed by atoms with Gasteiger partial charge in [0.2, 0.25) is 0 Å². The second kappa shape index (κ2) is 8.59. The molecule has 152 valence electrons. The highest BCUT2D eigenvalue weighted by Gasteiger charge is 2.36. The summed E-state index contributed by atoms with van der Waals surface area (Å²) in [5, 5.41) is 13.6. The average Bonchev–Trinajstić information content (AvgIpc) is 2.68. The van der Waals surface area contributed by atoms with Gasteiger partial charge in [-0.05, 0) is 73.3 Å². The van der Waals surface area contributed by atoms with Crippen molar-refractivity contribution in [1.82, 2.24) is 0 Å². The molecule has 0 spiro atoms. The molecule has 0 amide bonds. The van der Waals surface area contributed by atoms with Crippen LogP contribution in [0.2, 0.25) is 0 Å². The Morgan fingerprint density at radius 1 is 1.25 bits per heavy atom. The third-order valence-corrected chi connectivity index (χ3v) is 6.72. The average molecular weight is 380 g/mol. The van der Waals surface area contributed by atoms with Crippen molar-refractivity contribution in [2.24, 2.45) is 11.3 Å². The van der Waals surface area contributed by atoms with Gasteiger partial charge < -0.3 is 10.4 Å². The lowest BCUT2D eigenvalue weighted by Gasteiger charge is -2.42. The fourth-order valence-electron chi connectivity index (χ4n) is 5.07. The molecule has 0 bridgehead atoms. The number of hydrogen-bond donors (Lipinski definition) is 2. The van der Waals surface area contributed by atoms with Gasteiger partial charge in [0.25, 0.3) is 0 Å². The molecule has 2 N–H and O–H groups in total. The predicted molar refractivity (Wildman–Crippen MR) is 122 cm³/mol. The van der Waals surface area contributed by atoms with Crippen LogP contribution in [0.15, 0.2) is 48.1 Å². The molecular formula is C26H37NO. The van der Waals surface area contributed by atoms with Crippen LogP contribution in [-0.2, 0) is 6.42 Å². The first-order valence-corrected chi connectivity index (χ1v) is 11.0. The van der Waals surface area contributed by atoms with E-state index in [-0.39, 0.29) is 11.2 Å². The van der Waals surface area contributed by atoms with Gasteiger partial charge in [0.1, 0.15) is 5.76 Å². The quantitative estimate of drug-likeness (QED) is 0.411. The first-order valence-electron chi connectivity index (χ1n) is 11.0. The Morgan fingerprint density at radius 2 is 1.96 bits per heavy atom. The lowest BCUT2D eigenvalue weighted by Crippen LogP contribution is -2.43. The van der Waals surface area contributed by atoms with Crippen molar-refractivity contribution >= 4 is 11.4 Å². The molecule has 0 saturated heterocycles. The van der Waals surface area contributed by atoms with E-state index in [4.69, 9.17) is 0 Å².